The molecule has 0 aliphatic heterocycles. The van der Waals surface area contributed by atoms with Crippen LogP contribution in [0.2, 0.25) is 0 Å². The van der Waals surface area contributed by atoms with Crippen molar-refractivity contribution in [3.05, 3.63) is 56.2 Å². The Labute approximate surface area is 187 Å². The Morgan fingerprint density at radius 1 is 1.16 bits per heavy atom. The van der Waals surface area contributed by atoms with E-state index in [4.69, 9.17) is 0 Å². The van der Waals surface area contributed by atoms with E-state index in [0.717, 1.165) is 59.0 Å². The lowest BCUT2D eigenvalue weighted by atomic mass is 9.86. The molecule has 1 aromatic carbocycles. The van der Waals surface area contributed by atoms with Gasteiger partial charge < -0.3 is 9.67 Å². The summed E-state index contributed by atoms with van der Waals surface area (Å²) in [4.78, 5) is 27.7. The van der Waals surface area contributed by atoms with E-state index in [-0.39, 0.29) is 5.56 Å². The van der Waals surface area contributed by atoms with Gasteiger partial charge in [0.05, 0.1) is 16.1 Å². The van der Waals surface area contributed by atoms with Gasteiger partial charge in [0.1, 0.15) is 0 Å². The fourth-order valence-electron chi connectivity index (χ4n) is 5.04. The Bertz CT molecular complexity index is 1190. The van der Waals surface area contributed by atoms with Gasteiger partial charge in [-0.1, -0.05) is 44.5 Å². The molecule has 0 saturated heterocycles. The molecule has 1 atom stereocenters. The highest BCUT2D eigenvalue weighted by Crippen LogP contribution is 2.44. The maximum absolute atomic E-state index is 14.0. The van der Waals surface area contributed by atoms with E-state index in [1.165, 1.54) is 16.9 Å². The lowest BCUT2D eigenvalue weighted by molar-refractivity contribution is -0.139. The molecule has 164 valence electrons. The zero-order valence-corrected chi connectivity index (χ0v) is 19.5. The second kappa shape index (κ2) is 8.99. The molecule has 3 aromatic rings. The molecule has 0 fully saturated rings. The van der Waals surface area contributed by atoms with Crippen LogP contribution in [0.3, 0.4) is 0 Å². The number of thiophene rings is 1. The van der Waals surface area contributed by atoms with Crippen LogP contribution in [-0.2, 0) is 24.2 Å². The number of carbonyl (C=O) groups is 1. The smallest absolute Gasteiger partial charge is 0.311 e. The first kappa shape index (κ1) is 21.8. The number of pyridine rings is 1. The number of benzene rings is 1. The van der Waals surface area contributed by atoms with Gasteiger partial charge in [-0.15, -0.1) is 11.3 Å². The standard InChI is InChI=1S/C26H31NO3S/c1-4-10-19(26(29)30)22-21(17-12-7-6-11-16(17)3)24-23(27(15-5-2)25(22)28)18-13-8-9-14-20(18)31-24/h6-7,11-12,19H,4-5,8-10,13-15H2,1-3H3,(H,29,30). The van der Waals surface area contributed by atoms with Crippen molar-refractivity contribution in [1.82, 2.24) is 4.57 Å². The van der Waals surface area contributed by atoms with Crippen LogP contribution in [-0.4, -0.2) is 15.6 Å². The minimum atomic E-state index is -0.905. The number of aromatic nitrogens is 1. The van der Waals surface area contributed by atoms with Crippen LogP contribution in [0, 0.1) is 6.92 Å². The second-order valence-corrected chi connectivity index (χ2v) is 9.73. The lowest BCUT2D eigenvalue weighted by Gasteiger charge is -2.21. The van der Waals surface area contributed by atoms with E-state index in [9.17, 15) is 14.7 Å². The molecule has 1 aliphatic carbocycles. The van der Waals surface area contributed by atoms with E-state index < -0.39 is 11.9 Å². The van der Waals surface area contributed by atoms with Crippen LogP contribution in [0.5, 0.6) is 0 Å². The molecule has 0 amide bonds. The summed E-state index contributed by atoms with van der Waals surface area (Å²) in [5, 5.41) is 10.1. The zero-order chi connectivity index (χ0) is 22.1. The number of carboxylic acids is 1. The molecule has 1 N–H and O–H groups in total. The summed E-state index contributed by atoms with van der Waals surface area (Å²) < 4.78 is 3.00. The molecule has 0 radical (unpaired) electrons. The van der Waals surface area contributed by atoms with Gasteiger partial charge in [-0.2, -0.15) is 0 Å². The highest BCUT2D eigenvalue weighted by atomic mass is 32.1. The van der Waals surface area contributed by atoms with Crippen LogP contribution in [0.25, 0.3) is 21.3 Å². The first-order chi connectivity index (χ1) is 15.0. The van der Waals surface area contributed by atoms with Crippen molar-refractivity contribution in [2.45, 2.75) is 78.2 Å². The van der Waals surface area contributed by atoms with Crippen LogP contribution in [0.15, 0.2) is 29.1 Å². The first-order valence-corrected chi connectivity index (χ1v) is 12.3. The number of rotatable bonds is 7. The molecular weight excluding hydrogens is 406 g/mol. The van der Waals surface area contributed by atoms with Crippen LogP contribution in [0.4, 0.5) is 0 Å². The summed E-state index contributed by atoms with van der Waals surface area (Å²) in [5.74, 6) is -1.70. The quantitative estimate of drug-likeness (QED) is 0.472. The Morgan fingerprint density at radius 2 is 1.90 bits per heavy atom. The van der Waals surface area contributed by atoms with Gasteiger partial charge in [0, 0.05) is 22.5 Å². The number of hydrogen-bond acceptors (Lipinski definition) is 3. The number of aliphatic carboxylic acids is 1. The molecule has 1 aliphatic rings. The van der Waals surface area contributed by atoms with Crippen molar-refractivity contribution in [2.24, 2.45) is 0 Å². The van der Waals surface area contributed by atoms with Crippen LogP contribution in [0.1, 0.15) is 73.4 Å². The summed E-state index contributed by atoms with van der Waals surface area (Å²) in [6.07, 6.45) is 6.40. The van der Waals surface area contributed by atoms with Crippen molar-refractivity contribution in [3.63, 3.8) is 0 Å². The number of aryl methyl sites for hydroxylation is 4. The van der Waals surface area contributed by atoms with Gasteiger partial charge in [0.15, 0.2) is 0 Å². The van der Waals surface area contributed by atoms with Crippen LogP contribution < -0.4 is 5.56 Å². The molecule has 2 aromatic heterocycles. The predicted molar refractivity (Wildman–Crippen MR) is 128 cm³/mol. The van der Waals surface area contributed by atoms with Gasteiger partial charge in [0.2, 0.25) is 0 Å². The molecule has 0 spiro atoms. The fraction of sp³-hybridized carbons (Fsp3) is 0.462. The molecule has 4 nitrogen and oxygen atoms in total. The Morgan fingerprint density at radius 3 is 2.58 bits per heavy atom. The highest BCUT2D eigenvalue weighted by molar-refractivity contribution is 7.19. The summed E-state index contributed by atoms with van der Waals surface area (Å²) in [7, 11) is 0. The molecule has 0 bridgehead atoms. The van der Waals surface area contributed by atoms with E-state index in [0.29, 0.717) is 18.5 Å². The fourth-order valence-corrected chi connectivity index (χ4v) is 6.51. The first-order valence-electron chi connectivity index (χ1n) is 11.5. The van der Waals surface area contributed by atoms with Crippen molar-refractivity contribution < 1.29 is 9.90 Å². The highest BCUT2D eigenvalue weighted by Gasteiger charge is 2.32. The summed E-state index contributed by atoms with van der Waals surface area (Å²) in [6.45, 7) is 6.73. The van der Waals surface area contributed by atoms with Gasteiger partial charge in [0.25, 0.3) is 5.56 Å². The largest absolute Gasteiger partial charge is 0.481 e. The molecule has 5 heteroatoms. The van der Waals surface area contributed by atoms with Crippen molar-refractivity contribution in [2.75, 3.05) is 0 Å². The average Bonchev–Trinajstić information content (AvgIpc) is 3.13. The minimum Gasteiger partial charge on any atom is -0.481 e. The van der Waals surface area contributed by atoms with Crippen molar-refractivity contribution in [1.29, 1.82) is 0 Å². The third kappa shape index (κ3) is 3.73. The predicted octanol–water partition coefficient (Wildman–Crippen LogP) is 6.30. The van der Waals surface area contributed by atoms with Gasteiger partial charge in [-0.3, -0.25) is 9.59 Å². The molecular formula is C26H31NO3S. The normalized spacial score (nSPS) is 14.5. The van der Waals surface area contributed by atoms with Gasteiger partial charge >= 0.3 is 5.97 Å². The third-order valence-electron chi connectivity index (χ3n) is 6.47. The topological polar surface area (TPSA) is 59.3 Å². The monoisotopic (exact) mass is 437 g/mol. The van der Waals surface area contributed by atoms with E-state index in [2.05, 4.69) is 6.92 Å². The molecule has 4 rings (SSSR count). The lowest BCUT2D eigenvalue weighted by Crippen LogP contribution is -2.30. The van der Waals surface area contributed by atoms with Crippen molar-refractivity contribution >= 4 is 27.5 Å². The summed E-state index contributed by atoms with van der Waals surface area (Å²) >= 11 is 1.79. The number of carboxylic acid groups (broad SMARTS) is 1. The third-order valence-corrected chi connectivity index (χ3v) is 7.77. The summed E-state index contributed by atoms with van der Waals surface area (Å²) in [6, 6.07) is 8.07. The second-order valence-electron chi connectivity index (χ2n) is 8.63. The van der Waals surface area contributed by atoms with Crippen LogP contribution >= 0.6 is 11.3 Å². The Balaban J connectivity index is 2.20. The maximum atomic E-state index is 14.0. The molecule has 0 saturated carbocycles. The maximum Gasteiger partial charge on any atom is 0.311 e. The van der Waals surface area contributed by atoms with E-state index >= 15 is 0 Å². The summed E-state index contributed by atoms with van der Waals surface area (Å²) in [5.41, 5.74) is 5.68. The molecule has 2 heterocycles. The molecule has 31 heavy (non-hydrogen) atoms. The number of nitrogens with zero attached hydrogens (tertiary/aromatic N) is 1. The van der Waals surface area contributed by atoms with E-state index in [1.54, 1.807) is 11.3 Å². The number of hydrogen-bond donors (Lipinski definition) is 1. The minimum absolute atomic E-state index is 0.111. The van der Waals surface area contributed by atoms with Gasteiger partial charge in [-0.05, 0) is 62.1 Å². The Hall–Kier alpha value is -2.40. The zero-order valence-electron chi connectivity index (χ0n) is 18.7. The van der Waals surface area contributed by atoms with E-state index in [1.807, 2.05) is 42.7 Å². The Kier molecular flexibility index (Phi) is 6.33. The molecule has 1 unspecified atom stereocenters. The van der Waals surface area contributed by atoms with Crippen molar-refractivity contribution in [3.8, 4) is 11.1 Å². The SMILES string of the molecule is CCCC(C(=O)O)c1c(-c2ccccc2C)c2sc3c(c2n(CCC)c1=O)CCCC3. The average molecular weight is 438 g/mol. The van der Waals surface area contributed by atoms with Gasteiger partial charge in [-0.25, -0.2) is 0 Å². The number of fused-ring (bicyclic) bond motifs is 3.